The minimum Gasteiger partial charge on any atom is -0.495 e. The van der Waals surface area contributed by atoms with Gasteiger partial charge >= 0.3 is 6.03 Å². The first-order valence-corrected chi connectivity index (χ1v) is 12.4. The van der Waals surface area contributed by atoms with Gasteiger partial charge in [0.15, 0.2) is 0 Å². The Morgan fingerprint density at radius 1 is 0.944 bits per heavy atom. The van der Waals surface area contributed by atoms with Crippen molar-refractivity contribution in [1.29, 1.82) is 0 Å². The molecule has 1 saturated carbocycles. The van der Waals surface area contributed by atoms with Crippen molar-refractivity contribution in [3.05, 3.63) is 53.6 Å². The Kier molecular flexibility index (Phi) is 8.61. The molecule has 1 fully saturated rings. The zero-order valence-electron chi connectivity index (χ0n) is 22.1. The number of urea groups is 1. The summed E-state index contributed by atoms with van der Waals surface area (Å²) < 4.78 is 5.32. The van der Waals surface area contributed by atoms with Gasteiger partial charge in [0.05, 0.1) is 12.8 Å². The number of ether oxygens (including phenoxy) is 1. The molecule has 8 heteroatoms. The van der Waals surface area contributed by atoms with Crippen LogP contribution in [-0.2, 0) is 9.59 Å². The quantitative estimate of drug-likeness (QED) is 0.509. The van der Waals surface area contributed by atoms with Crippen molar-refractivity contribution in [3.63, 3.8) is 0 Å². The Labute approximate surface area is 213 Å². The van der Waals surface area contributed by atoms with Gasteiger partial charge in [0.1, 0.15) is 11.3 Å². The molecule has 0 radical (unpaired) electrons. The second kappa shape index (κ2) is 11.5. The van der Waals surface area contributed by atoms with Crippen LogP contribution in [-0.4, -0.2) is 49.5 Å². The van der Waals surface area contributed by atoms with Crippen LogP contribution in [0, 0.1) is 12.8 Å². The number of nitrogens with zero attached hydrogens (tertiary/aromatic N) is 1. The number of hydrogen-bond donors (Lipinski definition) is 3. The zero-order valence-corrected chi connectivity index (χ0v) is 22.1. The lowest BCUT2D eigenvalue weighted by Crippen LogP contribution is -2.55. The fraction of sp³-hybridized carbons (Fsp3) is 0.464. The number of methoxy groups -OCH3 is 1. The van der Waals surface area contributed by atoms with Crippen LogP contribution in [0.25, 0.3) is 0 Å². The molecule has 8 nitrogen and oxygen atoms in total. The highest BCUT2D eigenvalue weighted by atomic mass is 16.5. The van der Waals surface area contributed by atoms with Crippen molar-refractivity contribution in [1.82, 2.24) is 10.2 Å². The molecule has 0 aliphatic heterocycles. The number of aryl methyl sites for hydroxylation is 1. The van der Waals surface area contributed by atoms with E-state index in [9.17, 15) is 14.4 Å². The molecule has 0 unspecified atom stereocenters. The topological polar surface area (TPSA) is 99.8 Å². The van der Waals surface area contributed by atoms with Crippen molar-refractivity contribution in [2.24, 2.45) is 5.92 Å². The van der Waals surface area contributed by atoms with Crippen molar-refractivity contribution in [3.8, 4) is 5.75 Å². The van der Waals surface area contributed by atoms with E-state index in [-0.39, 0.29) is 23.8 Å². The molecule has 1 aliphatic carbocycles. The number of hydrogen-bond acceptors (Lipinski definition) is 4. The van der Waals surface area contributed by atoms with E-state index in [1.807, 2.05) is 49.4 Å². The van der Waals surface area contributed by atoms with E-state index < -0.39 is 5.54 Å². The number of nitrogens with one attached hydrogen (secondary N) is 3. The Morgan fingerprint density at radius 3 is 2.17 bits per heavy atom. The second-order valence-electron chi connectivity index (χ2n) is 10.3. The molecular weight excluding hydrogens is 456 g/mol. The van der Waals surface area contributed by atoms with Gasteiger partial charge in [0.25, 0.3) is 0 Å². The Hall–Kier alpha value is -3.55. The van der Waals surface area contributed by atoms with E-state index in [2.05, 4.69) is 16.0 Å². The Bertz CT molecular complexity index is 1090. The third-order valence-corrected chi connectivity index (χ3v) is 6.72. The van der Waals surface area contributed by atoms with Gasteiger partial charge in [-0.15, -0.1) is 0 Å². The number of amides is 4. The smallest absolute Gasteiger partial charge is 0.323 e. The van der Waals surface area contributed by atoms with Crippen LogP contribution in [0.15, 0.2) is 42.5 Å². The minimum absolute atomic E-state index is 0.0514. The number of carbonyl (C=O) groups is 3. The first kappa shape index (κ1) is 27.0. The van der Waals surface area contributed by atoms with Crippen LogP contribution >= 0.6 is 0 Å². The lowest BCUT2D eigenvalue weighted by Gasteiger charge is -2.33. The molecule has 0 bridgehead atoms. The molecule has 194 valence electrons. The summed E-state index contributed by atoms with van der Waals surface area (Å²) in [7, 11) is 4.95. The van der Waals surface area contributed by atoms with E-state index >= 15 is 0 Å². The summed E-state index contributed by atoms with van der Waals surface area (Å²) in [5.41, 5.74) is 2.61. The fourth-order valence-corrected chi connectivity index (χ4v) is 4.75. The number of likely N-dealkylation sites (N-methyl/N-ethyl adjacent to an activating group) is 1. The fourth-order valence-electron chi connectivity index (χ4n) is 4.75. The summed E-state index contributed by atoms with van der Waals surface area (Å²) in [6.45, 7) is 5.44. The van der Waals surface area contributed by atoms with Crippen LogP contribution in [0.1, 0.15) is 56.6 Å². The zero-order chi connectivity index (χ0) is 26.5. The molecule has 3 rings (SSSR count). The lowest BCUT2D eigenvalue weighted by atomic mass is 9.78. The maximum Gasteiger partial charge on any atom is 0.323 e. The molecule has 0 saturated heterocycles. The summed E-state index contributed by atoms with van der Waals surface area (Å²) in [6, 6.07) is 13.1. The highest BCUT2D eigenvalue weighted by Gasteiger charge is 2.34. The van der Waals surface area contributed by atoms with Gasteiger partial charge < -0.3 is 25.6 Å². The van der Waals surface area contributed by atoms with Crippen LogP contribution < -0.4 is 20.7 Å². The van der Waals surface area contributed by atoms with Gasteiger partial charge in [-0.1, -0.05) is 18.2 Å². The standard InChI is InChI=1S/C28H38N4O4/c1-18-7-16-24(36-6)23(17-18)30-27(35)29-22-14-12-20(13-15-22)19-8-10-21(11-9-19)25(33)31-28(2,3)26(34)32(4)5/h7,12-17,19,21H,8-11H2,1-6H3,(H,31,33)(H2,29,30,35)/t19-,21-. The predicted molar refractivity (Wildman–Crippen MR) is 142 cm³/mol. The largest absolute Gasteiger partial charge is 0.495 e. The Morgan fingerprint density at radius 2 is 1.58 bits per heavy atom. The normalized spacial score (nSPS) is 17.6. The SMILES string of the molecule is COc1ccc(C)cc1NC(=O)Nc1ccc([C@H]2CC[C@H](C(=O)NC(C)(C)C(=O)N(C)C)CC2)cc1. The summed E-state index contributed by atoms with van der Waals surface area (Å²) in [5.74, 6) is 0.710. The summed E-state index contributed by atoms with van der Waals surface area (Å²) in [5, 5.41) is 8.63. The predicted octanol–water partition coefficient (Wildman–Crippen LogP) is 4.90. The first-order valence-electron chi connectivity index (χ1n) is 12.4. The molecule has 2 aromatic carbocycles. The van der Waals surface area contributed by atoms with Crippen LogP contribution in [0.4, 0.5) is 16.2 Å². The second-order valence-corrected chi connectivity index (χ2v) is 10.3. The molecule has 3 N–H and O–H groups in total. The van der Waals surface area contributed by atoms with Gasteiger partial charge in [0, 0.05) is 25.7 Å². The van der Waals surface area contributed by atoms with Crippen molar-refractivity contribution >= 4 is 29.2 Å². The first-order chi connectivity index (χ1) is 17.0. The number of rotatable bonds is 7. The van der Waals surface area contributed by atoms with E-state index in [1.54, 1.807) is 35.1 Å². The highest BCUT2D eigenvalue weighted by molar-refractivity contribution is 6.00. The third-order valence-electron chi connectivity index (χ3n) is 6.72. The number of carbonyl (C=O) groups excluding carboxylic acids is 3. The average Bonchev–Trinajstić information content (AvgIpc) is 2.84. The Balaban J connectivity index is 1.52. The average molecular weight is 495 g/mol. The molecule has 0 spiro atoms. The number of anilines is 2. The summed E-state index contributed by atoms with van der Waals surface area (Å²) >= 11 is 0. The van der Waals surface area contributed by atoms with Gasteiger partial charge in [-0.2, -0.15) is 0 Å². The minimum atomic E-state index is -0.920. The van der Waals surface area contributed by atoms with Crippen molar-refractivity contribution in [2.45, 2.75) is 57.9 Å². The molecule has 4 amide bonds. The number of benzene rings is 2. The van der Waals surface area contributed by atoms with E-state index in [4.69, 9.17) is 4.74 Å². The summed E-state index contributed by atoms with van der Waals surface area (Å²) in [4.78, 5) is 39.1. The van der Waals surface area contributed by atoms with Crippen LogP contribution in [0.5, 0.6) is 5.75 Å². The maximum absolute atomic E-state index is 12.8. The third kappa shape index (κ3) is 6.77. The lowest BCUT2D eigenvalue weighted by molar-refractivity contribution is -0.139. The molecule has 36 heavy (non-hydrogen) atoms. The molecular formula is C28H38N4O4. The molecule has 0 heterocycles. The van der Waals surface area contributed by atoms with Crippen LogP contribution in [0.2, 0.25) is 0 Å². The van der Waals surface area contributed by atoms with Gasteiger partial charge in [-0.25, -0.2) is 4.79 Å². The molecule has 1 aliphatic rings. The summed E-state index contributed by atoms with van der Waals surface area (Å²) in [6.07, 6.45) is 3.37. The van der Waals surface area contributed by atoms with E-state index in [0.717, 1.165) is 31.2 Å². The molecule has 0 aromatic heterocycles. The van der Waals surface area contributed by atoms with Crippen molar-refractivity contribution in [2.75, 3.05) is 31.8 Å². The van der Waals surface area contributed by atoms with Crippen molar-refractivity contribution < 1.29 is 19.1 Å². The monoisotopic (exact) mass is 494 g/mol. The maximum atomic E-state index is 12.8. The van der Waals surface area contributed by atoms with Gasteiger partial charge in [0.2, 0.25) is 11.8 Å². The highest BCUT2D eigenvalue weighted by Crippen LogP contribution is 2.36. The van der Waals surface area contributed by atoms with E-state index in [1.165, 1.54) is 10.5 Å². The van der Waals surface area contributed by atoms with Crippen LogP contribution in [0.3, 0.4) is 0 Å². The molecule has 0 atom stereocenters. The van der Waals surface area contributed by atoms with Gasteiger partial charge in [-0.3, -0.25) is 9.59 Å². The van der Waals surface area contributed by atoms with Gasteiger partial charge in [-0.05, 0) is 87.8 Å². The van der Waals surface area contributed by atoms with E-state index in [0.29, 0.717) is 23.0 Å². The molecule has 2 aromatic rings.